The van der Waals surface area contributed by atoms with Gasteiger partial charge in [0.25, 0.3) is 0 Å². The molecule has 1 amide bonds. The maximum absolute atomic E-state index is 11.9. The number of hydrogen-bond donors (Lipinski definition) is 1. The summed E-state index contributed by atoms with van der Waals surface area (Å²) in [5, 5.41) is 3.08. The number of nitrogens with zero attached hydrogens (tertiary/aromatic N) is 2. The summed E-state index contributed by atoms with van der Waals surface area (Å²) in [5.41, 5.74) is 0. The normalized spacial score (nSPS) is 25.8. The fourth-order valence-electron chi connectivity index (χ4n) is 2.52. The van der Waals surface area contributed by atoms with Crippen LogP contribution in [0.2, 0.25) is 0 Å². The Morgan fingerprint density at radius 1 is 1.44 bits per heavy atom. The van der Waals surface area contributed by atoms with Crippen LogP contribution >= 0.6 is 0 Å². The van der Waals surface area contributed by atoms with Gasteiger partial charge < -0.3 is 10.2 Å². The van der Waals surface area contributed by atoms with Gasteiger partial charge in [0.1, 0.15) is 0 Å². The predicted octanol–water partition coefficient (Wildman–Crippen LogP) is 0.291. The van der Waals surface area contributed by atoms with E-state index in [2.05, 4.69) is 17.1 Å². The van der Waals surface area contributed by atoms with E-state index in [0.29, 0.717) is 0 Å². The first-order chi connectivity index (χ1) is 7.76. The SMILES string of the molecule is CCN(CCN1CCC(NC)C1=O)C1CC1. The van der Waals surface area contributed by atoms with Crippen LogP contribution in [0.25, 0.3) is 0 Å². The minimum Gasteiger partial charge on any atom is -0.340 e. The molecule has 16 heavy (non-hydrogen) atoms. The van der Waals surface area contributed by atoms with Crippen molar-refractivity contribution in [2.75, 3.05) is 33.2 Å². The van der Waals surface area contributed by atoms with Gasteiger partial charge in [0.05, 0.1) is 6.04 Å². The van der Waals surface area contributed by atoms with Crippen LogP contribution in [0.1, 0.15) is 26.2 Å². The zero-order valence-electron chi connectivity index (χ0n) is 10.4. The summed E-state index contributed by atoms with van der Waals surface area (Å²) in [6.45, 7) is 6.19. The molecule has 0 aromatic heterocycles. The summed E-state index contributed by atoms with van der Waals surface area (Å²) < 4.78 is 0. The highest BCUT2D eigenvalue weighted by molar-refractivity contribution is 5.83. The molecule has 2 aliphatic rings. The molecular weight excluding hydrogens is 202 g/mol. The molecule has 0 radical (unpaired) electrons. The van der Waals surface area contributed by atoms with Crippen molar-refractivity contribution in [3.05, 3.63) is 0 Å². The molecule has 92 valence electrons. The number of rotatable bonds is 6. The van der Waals surface area contributed by atoms with Gasteiger partial charge in [0.15, 0.2) is 0 Å². The Bertz CT molecular complexity index is 253. The molecule has 2 fully saturated rings. The minimum absolute atomic E-state index is 0.0657. The van der Waals surface area contributed by atoms with Gasteiger partial charge in [-0.25, -0.2) is 0 Å². The van der Waals surface area contributed by atoms with Crippen molar-refractivity contribution in [3.63, 3.8) is 0 Å². The number of nitrogens with one attached hydrogen (secondary N) is 1. The van der Waals surface area contributed by atoms with Crippen LogP contribution in [-0.2, 0) is 4.79 Å². The van der Waals surface area contributed by atoms with E-state index in [1.54, 1.807) is 0 Å². The second-order valence-corrected chi connectivity index (χ2v) is 4.81. The van der Waals surface area contributed by atoms with Gasteiger partial charge in [-0.2, -0.15) is 0 Å². The van der Waals surface area contributed by atoms with Crippen molar-refractivity contribution in [3.8, 4) is 0 Å². The molecule has 0 spiro atoms. The lowest BCUT2D eigenvalue weighted by Gasteiger charge is -2.24. The first-order valence-corrected chi connectivity index (χ1v) is 6.46. The smallest absolute Gasteiger partial charge is 0.239 e. The zero-order chi connectivity index (χ0) is 11.5. The summed E-state index contributed by atoms with van der Waals surface area (Å²) in [6, 6.07) is 0.874. The van der Waals surface area contributed by atoms with Crippen LogP contribution < -0.4 is 5.32 Å². The molecule has 1 saturated heterocycles. The highest BCUT2D eigenvalue weighted by Crippen LogP contribution is 2.26. The van der Waals surface area contributed by atoms with E-state index in [0.717, 1.165) is 38.6 Å². The maximum atomic E-state index is 11.9. The molecule has 1 aliphatic heterocycles. The Kier molecular flexibility index (Phi) is 3.82. The molecule has 2 rings (SSSR count). The van der Waals surface area contributed by atoms with E-state index < -0.39 is 0 Å². The molecule has 1 atom stereocenters. The largest absolute Gasteiger partial charge is 0.340 e. The van der Waals surface area contributed by atoms with Gasteiger partial charge >= 0.3 is 0 Å². The fourth-order valence-corrected chi connectivity index (χ4v) is 2.52. The Labute approximate surface area is 98.0 Å². The molecule has 1 unspecified atom stereocenters. The van der Waals surface area contributed by atoms with E-state index >= 15 is 0 Å². The molecule has 0 aromatic rings. The average molecular weight is 225 g/mol. The lowest BCUT2D eigenvalue weighted by atomic mass is 10.3. The van der Waals surface area contributed by atoms with E-state index in [9.17, 15) is 4.79 Å². The highest BCUT2D eigenvalue weighted by Gasteiger charge is 2.32. The van der Waals surface area contributed by atoms with Crippen LogP contribution in [0.15, 0.2) is 0 Å². The van der Waals surface area contributed by atoms with Gasteiger partial charge in [-0.05, 0) is 32.9 Å². The van der Waals surface area contributed by atoms with Gasteiger partial charge in [0, 0.05) is 25.7 Å². The Morgan fingerprint density at radius 2 is 2.19 bits per heavy atom. The molecule has 0 aromatic carbocycles. The van der Waals surface area contributed by atoms with Crippen molar-refractivity contribution in [2.45, 2.75) is 38.3 Å². The third-order valence-electron chi connectivity index (χ3n) is 3.77. The highest BCUT2D eigenvalue weighted by atomic mass is 16.2. The van der Waals surface area contributed by atoms with Gasteiger partial charge in [-0.15, -0.1) is 0 Å². The molecule has 0 bridgehead atoms. The van der Waals surface area contributed by atoms with Gasteiger partial charge in [-0.1, -0.05) is 6.92 Å². The van der Waals surface area contributed by atoms with Crippen LogP contribution in [0.4, 0.5) is 0 Å². The Morgan fingerprint density at radius 3 is 2.69 bits per heavy atom. The summed E-state index contributed by atoms with van der Waals surface area (Å²) in [7, 11) is 1.87. The average Bonchev–Trinajstić information content (AvgIpc) is 3.06. The number of carbonyl (C=O) groups is 1. The van der Waals surface area contributed by atoms with Crippen molar-refractivity contribution < 1.29 is 4.79 Å². The maximum Gasteiger partial charge on any atom is 0.239 e. The quantitative estimate of drug-likeness (QED) is 0.706. The van der Waals surface area contributed by atoms with Crippen molar-refractivity contribution in [2.24, 2.45) is 0 Å². The van der Waals surface area contributed by atoms with E-state index in [1.807, 2.05) is 11.9 Å². The first-order valence-electron chi connectivity index (χ1n) is 6.46. The molecule has 1 saturated carbocycles. The Hall–Kier alpha value is -0.610. The molecule has 1 aliphatic carbocycles. The number of likely N-dealkylation sites (N-methyl/N-ethyl adjacent to an activating group) is 2. The molecule has 4 nitrogen and oxygen atoms in total. The van der Waals surface area contributed by atoms with E-state index in [1.165, 1.54) is 12.8 Å². The third kappa shape index (κ3) is 2.55. The number of likely N-dealkylation sites (tertiary alicyclic amines) is 1. The number of amides is 1. The summed E-state index contributed by atoms with van der Waals surface area (Å²) in [5.74, 6) is 0.286. The number of hydrogen-bond acceptors (Lipinski definition) is 3. The van der Waals surface area contributed by atoms with Crippen LogP contribution in [0.5, 0.6) is 0 Å². The predicted molar refractivity (Wildman–Crippen MR) is 64.3 cm³/mol. The fraction of sp³-hybridized carbons (Fsp3) is 0.917. The Balaban J connectivity index is 1.75. The third-order valence-corrected chi connectivity index (χ3v) is 3.77. The summed E-state index contributed by atoms with van der Waals surface area (Å²) >= 11 is 0. The minimum atomic E-state index is 0.0657. The molecule has 1 N–H and O–H groups in total. The number of carbonyl (C=O) groups excluding carboxylic acids is 1. The van der Waals surface area contributed by atoms with Gasteiger partial charge in [-0.3, -0.25) is 9.69 Å². The van der Waals surface area contributed by atoms with E-state index in [4.69, 9.17) is 0 Å². The lowest BCUT2D eigenvalue weighted by molar-refractivity contribution is -0.129. The second kappa shape index (κ2) is 5.15. The lowest BCUT2D eigenvalue weighted by Crippen LogP contribution is -2.40. The zero-order valence-corrected chi connectivity index (χ0v) is 10.4. The molecule has 4 heteroatoms. The van der Waals surface area contributed by atoms with Crippen LogP contribution in [0.3, 0.4) is 0 Å². The standard InChI is InChI=1S/C12H23N3O/c1-3-14(10-4-5-10)8-9-15-7-6-11(13-2)12(15)16/h10-11,13H,3-9H2,1-2H3. The summed E-state index contributed by atoms with van der Waals surface area (Å²) in [6.07, 6.45) is 3.66. The van der Waals surface area contributed by atoms with Crippen LogP contribution in [-0.4, -0.2) is 61.0 Å². The first kappa shape index (κ1) is 11.9. The van der Waals surface area contributed by atoms with Crippen LogP contribution in [0, 0.1) is 0 Å². The van der Waals surface area contributed by atoms with Crippen molar-refractivity contribution >= 4 is 5.91 Å². The topological polar surface area (TPSA) is 35.6 Å². The van der Waals surface area contributed by atoms with Crippen molar-refractivity contribution in [1.82, 2.24) is 15.1 Å². The monoisotopic (exact) mass is 225 g/mol. The summed E-state index contributed by atoms with van der Waals surface area (Å²) in [4.78, 5) is 16.4. The van der Waals surface area contributed by atoms with Gasteiger partial charge in [0.2, 0.25) is 5.91 Å². The second-order valence-electron chi connectivity index (χ2n) is 4.81. The van der Waals surface area contributed by atoms with E-state index in [-0.39, 0.29) is 11.9 Å². The van der Waals surface area contributed by atoms with Crippen molar-refractivity contribution in [1.29, 1.82) is 0 Å². The molecule has 1 heterocycles. The molecular formula is C12H23N3O.